The number of aryl methyl sites for hydroxylation is 1. The van der Waals surface area contributed by atoms with E-state index in [0.717, 1.165) is 19.4 Å². The largest absolute Gasteiger partial charge is 0.397 e. The van der Waals surface area contributed by atoms with Gasteiger partial charge in [0.2, 0.25) is 0 Å². The minimum absolute atomic E-state index is 0.0589. The molecule has 0 aliphatic carbocycles. The third-order valence-electron chi connectivity index (χ3n) is 3.36. The third-order valence-corrected chi connectivity index (χ3v) is 3.36. The number of nitrogen functional groups attached to an aromatic ring is 1. The Morgan fingerprint density at radius 3 is 2.68 bits per heavy atom. The lowest BCUT2D eigenvalue weighted by molar-refractivity contribution is 0.0944. The van der Waals surface area contributed by atoms with E-state index in [1.165, 1.54) is 0 Å². The van der Waals surface area contributed by atoms with E-state index in [9.17, 15) is 4.79 Å². The average Bonchev–Trinajstić information content (AvgIpc) is 2.67. The Morgan fingerprint density at radius 1 is 1.47 bits per heavy atom. The van der Waals surface area contributed by atoms with Crippen LogP contribution in [0.5, 0.6) is 0 Å². The Labute approximate surface area is 115 Å². The van der Waals surface area contributed by atoms with Crippen molar-refractivity contribution in [1.82, 2.24) is 14.8 Å². The molecule has 3 N–H and O–H groups in total. The summed E-state index contributed by atoms with van der Waals surface area (Å²) in [5.74, 6) is -0.0589. The molecule has 5 nitrogen and oxygen atoms in total. The van der Waals surface area contributed by atoms with Crippen molar-refractivity contribution in [3.05, 3.63) is 18.0 Å². The van der Waals surface area contributed by atoms with Crippen LogP contribution < -0.4 is 11.1 Å². The van der Waals surface area contributed by atoms with Crippen molar-refractivity contribution in [2.45, 2.75) is 32.7 Å². The summed E-state index contributed by atoms with van der Waals surface area (Å²) in [6.45, 7) is 6.13. The average molecular weight is 266 g/mol. The van der Waals surface area contributed by atoms with Crippen molar-refractivity contribution in [1.29, 1.82) is 0 Å². The van der Waals surface area contributed by atoms with Crippen LogP contribution in [0, 0.1) is 0 Å². The van der Waals surface area contributed by atoms with Crippen LogP contribution in [0.4, 0.5) is 5.69 Å². The van der Waals surface area contributed by atoms with Crippen molar-refractivity contribution in [2.24, 2.45) is 7.05 Å². The number of amides is 1. The molecule has 0 unspecified atom stereocenters. The highest BCUT2D eigenvalue weighted by Gasteiger charge is 2.10. The Morgan fingerprint density at radius 2 is 2.16 bits per heavy atom. The van der Waals surface area contributed by atoms with Crippen LogP contribution in [-0.2, 0) is 7.05 Å². The summed E-state index contributed by atoms with van der Waals surface area (Å²) in [5, 5.41) is 2.92. The standard InChI is InChI=1S/C14H26N4O/c1-11(2)17(3)8-6-5-7-16-14(19)13-9-12(15)10-18(13)4/h9-11H,5-8,15H2,1-4H3,(H,16,19). The Kier molecular flexibility index (Phi) is 5.89. The number of hydrogen-bond acceptors (Lipinski definition) is 3. The first kappa shape index (κ1) is 15.6. The van der Waals surface area contributed by atoms with E-state index >= 15 is 0 Å². The van der Waals surface area contributed by atoms with Gasteiger partial charge in [0.05, 0.1) is 5.69 Å². The van der Waals surface area contributed by atoms with Gasteiger partial charge in [-0.2, -0.15) is 0 Å². The fraction of sp³-hybridized carbons (Fsp3) is 0.643. The van der Waals surface area contributed by atoms with Gasteiger partial charge in [-0.15, -0.1) is 0 Å². The number of carbonyl (C=O) groups excluding carboxylic acids is 1. The van der Waals surface area contributed by atoms with Crippen molar-refractivity contribution >= 4 is 11.6 Å². The van der Waals surface area contributed by atoms with E-state index in [0.29, 0.717) is 24.0 Å². The van der Waals surface area contributed by atoms with Gasteiger partial charge in [-0.3, -0.25) is 4.79 Å². The molecular weight excluding hydrogens is 240 g/mol. The highest BCUT2D eigenvalue weighted by molar-refractivity contribution is 5.93. The van der Waals surface area contributed by atoms with Crippen LogP contribution in [0.2, 0.25) is 0 Å². The lowest BCUT2D eigenvalue weighted by Crippen LogP contribution is -2.29. The molecule has 0 saturated heterocycles. The van der Waals surface area contributed by atoms with Crippen LogP contribution in [0.3, 0.4) is 0 Å². The molecule has 0 atom stereocenters. The van der Waals surface area contributed by atoms with E-state index in [4.69, 9.17) is 5.73 Å². The smallest absolute Gasteiger partial charge is 0.267 e. The molecule has 0 bridgehead atoms. The van der Waals surface area contributed by atoms with Crippen LogP contribution in [0.25, 0.3) is 0 Å². The second-order valence-electron chi connectivity index (χ2n) is 5.31. The van der Waals surface area contributed by atoms with Gasteiger partial charge in [0.15, 0.2) is 0 Å². The van der Waals surface area contributed by atoms with Crippen molar-refractivity contribution in [3.8, 4) is 0 Å². The van der Waals surface area contributed by atoms with Gasteiger partial charge in [-0.25, -0.2) is 0 Å². The number of rotatable bonds is 7. The van der Waals surface area contributed by atoms with E-state index < -0.39 is 0 Å². The highest BCUT2D eigenvalue weighted by atomic mass is 16.1. The fourth-order valence-electron chi connectivity index (χ4n) is 1.85. The summed E-state index contributed by atoms with van der Waals surface area (Å²) in [6, 6.07) is 2.27. The lowest BCUT2D eigenvalue weighted by Gasteiger charge is -2.20. The maximum atomic E-state index is 11.9. The molecule has 1 amide bonds. The molecule has 1 heterocycles. The zero-order valence-corrected chi connectivity index (χ0v) is 12.4. The van der Waals surface area contributed by atoms with Gasteiger partial charge < -0.3 is 20.5 Å². The molecule has 0 aliphatic rings. The first-order valence-electron chi connectivity index (χ1n) is 6.82. The number of nitrogens with two attached hydrogens (primary N) is 1. The Bertz CT molecular complexity index is 412. The molecule has 1 aromatic rings. The number of hydrogen-bond donors (Lipinski definition) is 2. The fourth-order valence-corrected chi connectivity index (χ4v) is 1.85. The number of nitrogens with one attached hydrogen (secondary N) is 1. The van der Waals surface area contributed by atoms with Gasteiger partial charge in [0, 0.05) is 25.8 Å². The molecule has 5 heteroatoms. The van der Waals surface area contributed by atoms with Crippen LogP contribution in [-0.4, -0.2) is 41.6 Å². The number of unbranched alkanes of at least 4 members (excludes halogenated alkanes) is 1. The molecule has 0 fully saturated rings. The summed E-state index contributed by atoms with van der Waals surface area (Å²) >= 11 is 0. The number of carbonyl (C=O) groups is 1. The maximum Gasteiger partial charge on any atom is 0.267 e. The SMILES string of the molecule is CC(C)N(C)CCCCNC(=O)c1cc(N)cn1C. The first-order chi connectivity index (χ1) is 8.91. The molecule has 19 heavy (non-hydrogen) atoms. The zero-order chi connectivity index (χ0) is 14.4. The van der Waals surface area contributed by atoms with E-state index in [2.05, 4.69) is 31.1 Å². The van der Waals surface area contributed by atoms with Crippen LogP contribution >= 0.6 is 0 Å². The molecule has 1 rings (SSSR count). The Hall–Kier alpha value is -1.49. The van der Waals surface area contributed by atoms with Crippen molar-refractivity contribution < 1.29 is 4.79 Å². The molecule has 108 valence electrons. The number of anilines is 1. The monoisotopic (exact) mass is 266 g/mol. The van der Waals surface area contributed by atoms with Crippen molar-refractivity contribution in [3.63, 3.8) is 0 Å². The predicted octanol–water partition coefficient (Wildman–Crippen LogP) is 1.46. The van der Waals surface area contributed by atoms with E-state index in [1.54, 1.807) is 16.8 Å². The molecule has 0 radical (unpaired) electrons. The van der Waals surface area contributed by atoms with E-state index in [-0.39, 0.29) is 5.91 Å². The van der Waals surface area contributed by atoms with Gasteiger partial charge in [-0.05, 0) is 46.3 Å². The molecule has 0 aromatic carbocycles. The normalized spacial score (nSPS) is 11.3. The first-order valence-corrected chi connectivity index (χ1v) is 6.82. The summed E-state index contributed by atoms with van der Waals surface area (Å²) in [4.78, 5) is 14.2. The molecule has 0 spiro atoms. The minimum Gasteiger partial charge on any atom is -0.397 e. The van der Waals surface area contributed by atoms with Gasteiger partial charge in [-0.1, -0.05) is 0 Å². The second kappa shape index (κ2) is 7.19. The van der Waals surface area contributed by atoms with Crippen LogP contribution in [0.15, 0.2) is 12.3 Å². The van der Waals surface area contributed by atoms with Gasteiger partial charge in [0.25, 0.3) is 5.91 Å². The number of aromatic nitrogens is 1. The van der Waals surface area contributed by atoms with Crippen LogP contribution in [0.1, 0.15) is 37.2 Å². The second-order valence-corrected chi connectivity index (χ2v) is 5.31. The molecule has 0 saturated carbocycles. The zero-order valence-electron chi connectivity index (χ0n) is 12.4. The quantitative estimate of drug-likeness (QED) is 0.734. The van der Waals surface area contributed by atoms with Gasteiger partial charge in [0.1, 0.15) is 5.69 Å². The Balaban J connectivity index is 2.23. The topological polar surface area (TPSA) is 63.3 Å². The summed E-state index contributed by atoms with van der Waals surface area (Å²) < 4.78 is 1.75. The maximum absolute atomic E-state index is 11.9. The summed E-state index contributed by atoms with van der Waals surface area (Å²) in [5.41, 5.74) is 6.87. The number of nitrogens with zero attached hydrogens (tertiary/aromatic N) is 2. The molecule has 0 aliphatic heterocycles. The summed E-state index contributed by atoms with van der Waals surface area (Å²) in [6.07, 6.45) is 3.82. The minimum atomic E-state index is -0.0589. The van der Waals surface area contributed by atoms with E-state index in [1.807, 2.05) is 7.05 Å². The summed E-state index contributed by atoms with van der Waals surface area (Å²) in [7, 11) is 3.94. The van der Waals surface area contributed by atoms with Crippen molar-refractivity contribution in [2.75, 3.05) is 25.9 Å². The predicted molar refractivity (Wildman–Crippen MR) is 79.2 cm³/mol. The highest BCUT2D eigenvalue weighted by Crippen LogP contribution is 2.08. The van der Waals surface area contributed by atoms with Gasteiger partial charge >= 0.3 is 0 Å². The lowest BCUT2D eigenvalue weighted by atomic mass is 10.2. The third kappa shape index (κ3) is 4.95. The molecular formula is C14H26N4O. The molecule has 1 aromatic heterocycles.